The maximum Gasteiger partial charge on any atom is 0.409 e. The van der Waals surface area contributed by atoms with E-state index in [1.165, 1.54) is 24.7 Å². The standard InChI is InChI=1S/C19H17F4N5O/c1-10-14(8-24-9-25-10)26-18(29)12-4-5-15(13(20)6-12)28-16(11-2-3-11)7-17(27-28)19(21,22)23/h4-9,11,17,27H,2-3H2,1H3,(H,26,29). The third-order valence-electron chi connectivity index (χ3n) is 4.82. The van der Waals surface area contributed by atoms with Crippen LogP contribution in [-0.4, -0.2) is 28.1 Å². The molecular weight excluding hydrogens is 390 g/mol. The number of allylic oxidation sites excluding steroid dienone is 1. The van der Waals surface area contributed by atoms with Gasteiger partial charge in [0.1, 0.15) is 18.2 Å². The van der Waals surface area contributed by atoms with Crippen molar-refractivity contribution in [3.8, 4) is 0 Å². The average Bonchev–Trinajstić information content (AvgIpc) is 3.41. The lowest BCUT2D eigenvalue weighted by molar-refractivity contribution is -0.142. The third-order valence-corrected chi connectivity index (χ3v) is 4.82. The first kappa shape index (κ1) is 19.3. The van der Waals surface area contributed by atoms with Gasteiger partial charge in [0, 0.05) is 17.2 Å². The predicted molar refractivity (Wildman–Crippen MR) is 97.4 cm³/mol. The van der Waals surface area contributed by atoms with E-state index >= 15 is 0 Å². The summed E-state index contributed by atoms with van der Waals surface area (Å²) < 4.78 is 54.1. The van der Waals surface area contributed by atoms with Crippen LogP contribution in [0.25, 0.3) is 0 Å². The number of carbonyl (C=O) groups excluding carboxylic acids is 1. The van der Waals surface area contributed by atoms with Crippen molar-refractivity contribution >= 4 is 17.3 Å². The van der Waals surface area contributed by atoms with Crippen molar-refractivity contribution in [3.63, 3.8) is 0 Å². The molecule has 10 heteroatoms. The van der Waals surface area contributed by atoms with Gasteiger partial charge in [-0.05, 0) is 44.0 Å². The molecule has 1 unspecified atom stereocenters. The number of alkyl halides is 3. The molecule has 1 aliphatic heterocycles. The minimum absolute atomic E-state index is 0.0259. The van der Waals surface area contributed by atoms with Crippen LogP contribution < -0.4 is 15.8 Å². The number of benzene rings is 1. The molecule has 1 aromatic heterocycles. The van der Waals surface area contributed by atoms with Crippen LogP contribution in [0.5, 0.6) is 0 Å². The molecule has 1 atom stereocenters. The summed E-state index contributed by atoms with van der Waals surface area (Å²) in [4.78, 5) is 20.2. The number of nitrogens with zero attached hydrogens (tertiary/aromatic N) is 3. The monoisotopic (exact) mass is 407 g/mol. The van der Waals surface area contributed by atoms with Crippen molar-refractivity contribution in [3.05, 3.63) is 59.6 Å². The van der Waals surface area contributed by atoms with Crippen molar-refractivity contribution in [2.75, 3.05) is 10.3 Å². The normalized spacial score (nSPS) is 19.3. The molecule has 152 valence electrons. The Bertz CT molecular complexity index is 987. The molecule has 1 aliphatic carbocycles. The number of rotatable bonds is 4. The van der Waals surface area contributed by atoms with E-state index in [0.717, 1.165) is 30.0 Å². The number of amides is 1. The van der Waals surface area contributed by atoms with Crippen LogP contribution in [0.1, 0.15) is 28.9 Å². The number of aromatic nitrogens is 2. The molecule has 1 fully saturated rings. The Hall–Kier alpha value is -3.01. The van der Waals surface area contributed by atoms with Gasteiger partial charge in [-0.1, -0.05) is 0 Å². The Morgan fingerprint density at radius 1 is 1.31 bits per heavy atom. The quantitative estimate of drug-likeness (QED) is 0.756. The average molecular weight is 407 g/mol. The van der Waals surface area contributed by atoms with E-state index in [1.807, 2.05) is 0 Å². The summed E-state index contributed by atoms with van der Waals surface area (Å²) >= 11 is 0. The van der Waals surface area contributed by atoms with Crippen LogP contribution in [-0.2, 0) is 0 Å². The van der Waals surface area contributed by atoms with E-state index in [-0.39, 0.29) is 17.2 Å². The van der Waals surface area contributed by atoms with Gasteiger partial charge in [-0.3, -0.25) is 9.80 Å². The van der Waals surface area contributed by atoms with Crippen LogP contribution in [0.15, 0.2) is 42.5 Å². The molecule has 2 aliphatic rings. The molecule has 6 nitrogen and oxygen atoms in total. The van der Waals surface area contributed by atoms with E-state index < -0.39 is 23.9 Å². The number of hydrazine groups is 1. The van der Waals surface area contributed by atoms with Crippen LogP contribution >= 0.6 is 0 Å². The second-order valence-corrected chi connectivity index (χ2v) is 6.99. The zero-order valence-corrected chi connectivity index (χ0v) is 15.3. The van der Waals surface area contributed by atoms with Gasteiger partial charge in [0.15, 0.2) is 0 Å². The van der Waals surface area contributed by atoms with E-state index in [1.54, 1.807) is 6.92 Å². The van der Waals surface area contributed by atoms with Crippen LogP contribution in [0.3, 0.4) is 0 Å². The van der Waals surface area contributed by atoms with Gasteiger partial charge in [0.25, 0.3) is 5.91 Å². The molecule has 2 heterocycles. The lowest BCUT2D eigenvalue weighted by Crippen LogP contribution is -2.45. The summed E-state index contributed by atoms with van der Waals surface area (Å²) in [5, 5.41) is 3.73. The number of halogens is 4. The van der Waals surface area contributed by atoms with E-state index in [4.69, 9.17) is 0 Å². The van der Waals surface area contributed by atoms with Crippen molar-refractivity contribution in [1.82, 2.24) is 15.4 Å². The Morgan fingerprint density at radius 3 is 2.69 bits per heavy atom. The first-order valence-electron chi connectivity index (χ1n) is 8.96. The Balaban J connectivity index is 1.57. The Kier molecular flexibility index (Phi) is 4.73. The van der Waals surface area contributed by atoms with E-state index in [9.17, 15) is 22.4 Å². The van der Waals surface area contributed by atoms with Crippen LogP contribution in [0.4, 0.5) is 28.9 Å². The summed E-state index contributed by atoms with van der Waals surface area (Å²) in [7, 11) is 0. The first-order chi connectivity index (χ1) is 13.7. The molecular formula is C19H17F4N5O. The number of aryl methyl sites for hydroxylation is 1. The van der Waals surface area contributed by atoms with Gasteiger partial charge in [0.05, 0.1) is 23.3 Å². The second kappa shape index (κ2) is 7.11. The minimum atomic E-state index is -4.49. The highest BCUT2D eigenvalue weighted by Crippen LogP contribution is 2.43. The third kappa shape index (κ3) is 3.93. The molecule has 1 amide bonds. The lowest BCUT2D eigenvalue weighted by Gasteiger charge is -2.25. The zero-order chi connectivity index (χ0) is 20.8. The number of nitrogens with one attached hydrogen (secondary N) is 2. The number of anilines is 2. The number of carbonyl (C=O) groups is 1. The van der Waals surface area contributed by atoms with Gasteiger partial charge in [-0.15, -0.1) is 0 Å². The molecule has 2 aromatic rings. The molecule has 2 N–H and O–H groups in total. The fourth-order valence-electron chi connectivity index (χ4n) is 3.11. The first-order valence-corrected chi connectivity index (χ1v) is 8.96. The lowest BCUT2D eigenvalue weighted by atomic mass is 10.1. The van der Waals surface area contributed by atoms with Gasteiger partial charge in [0.2, 0.25) is 0 Å². The van der Waals surface area contributed by atoms with Crippen molar-refractivity contribution in [2.45, 2.75) is 32.0 Å². The fourth-order valence-corrected chi connectivity index (χ4v) is 3.11. The molecule has 4 rings (SSSR count). The highest BCUT2D eigenvalue weighted by molar-refractivity contribution is 6.04. The largest absolute Gasteiger partial charge is 0.409 e. The minimum Gasteiger partial charge on any atom is -0.319 e. The van der Waals surface area contributed by atoms with Gasteiger partial charge in [-0.2, -0.15) is 13.2 Å². The smallest absolute Gasteiger partial charge is 0.319 e. The summed E-state index contributed by atoms with van der Waals surface area (Å²) in [6.45, 7) is 1.68. The van der Waals surface area contributed by atoms with Crippen molar-refractivity contribution in [1.29, 1.82) is 0 Å². The predicted octanol–water partition coefficient (Wildman–Crippen LogP) is 3.73. The summed E-state index contributed by atoms with van der Waals surface area (Å²) in [6, 6.07) is 1.78. The maximum atomic E-state index is 14.8. The zero-order valence-electron chi connectivity index (χ0n) is 15.3. The van der Waals surface area contributed by atoms with Gasteiger partial charge >= 0.3 is 6.18 Å². The van der Waals surface area contributed by atoms with Gasteiger partial charge < -0.3 is 5.32 Å². The highest BCUT2D eigenvalue weighted by atomic mass is 19.4. The molecule has 0 saturated heterocycles. The number of hydrogen-bond donors (Lipinski definition) is 2. The highest BCUT2D eigenvalue weighted by Gasteiger charge is 2.46. The summed E-state index contributed by atoms with van der Waals surface area (Å²) in [5.41, 5.74) is 3.61. The molecule has 0 bridgehead atoms. The van der Waals surface area contributed by atoms with E-state index in [0.29, 0.717) is 17.1 Å². The van der Waals surface area contributed by atoms with Crippen molar-refractivity contribution in [2.24, 2.45) is 5.92 Å². The van der Waals surface area contributed by atoms with E-state index in [2.05, 4.69) is 20.7 Å². The fraction of sp³-hybridized carbons (Fsp3) is 0.316. The topological polar surface area (TPSA) is 70.2 Å². The SMILES string of the molecule is Cc1ncncc1NC(=O)c1ccc(N2NC(C(F)(F)F)C=C2C2CC2)c(F)c1. The van der Waals surface area contributed by atoms with Crippen LogP contribution in [0.2, 0.25) is 0 Å². The second-order valence-electron chi connectivity index (χ2n) is 6.99. The molecule has 0 radical (unpaired) electrons. The summed E-state index contributed by atoms with van der Waals surface area (Å²) in [6.07, 6.45) is 0.881. The Labute approximate surface area is 163 Å². The molecule has 1 saturated carbocycles. The Morgan fingerprint density at radius 2 is 2.07 bits per heavy atom. The molecule has 0 spiro atoms. The summed E-state index contributed by atoms with van der Waals surface area (Å²) in [5.74, 6) is -1.41. The molecule has 1 aromatic carbocycles. The number of hydrogen-bond acceptors (Lipinski definition) is 5. The maximum absolute atomic E-state index is 14.8. The van der Waals surface area contributed by atoms with Crippen molar-refractivity contribution < 1.29 is 22.4 Å². The van der Waals surface area contributed by atoms with Gasteiger partial charge in [-0.25, -0.2) is 19.8 Å². The van der Waals surface area contributed by atoms with Crippen LogP contribution in [0, 0.1) is 18.7 Å². The molecule has 29 heavy (non-hydrogen) atoms.